The number of rotatable bonds is 4. The van der Waals surface area contributed by atoms with Gasteiger partial charge in [0.25, 0.3) is 11.8 Å². The van der Waals surface area contributed by atoms with Crippen LogP contribution in [0.3, 0.4) is 0 Å². The Balaban J connectivity index is 2.12. The highest BCUT2D eigenvalue weighted by atomic mass is 35.5. The minimum Gasteiger partial charge on any atom is -0.376 e. The zero-order valence-corrected chi connectivity index (χ0v) is 16.1. The normalized spacial score (nSPS) is 10.7. The van der Waals surface area contributed by atoms with Crippen molar-refractivity contribution in [2.45, 2.75) is 0 Å². The van der Waals surface area contributed by atoms with Crippen molar-refractivity contribution in [2.24, 2.45) is 5.73 Å². The molecular formula is C19H16Cl2N4O2. The van der Waals surface area contributed by atoms with Crippen molar-refractivity contribution in [3.63, 3.8) is 0 Å². The maximum atomic E-state index is 12.7. The molecule has 1 aromatic heterocycles. The van der Waals surface area contributed by atoms with Crippen molar-refractivity contribution in [1.82, 2.24) is 4.98 Å². The third kappa shape index (κ3) is 3.54. The molecule has 0 radical (unpaired) electrons. The van der Waals surface area contributed by atoms with E-state index in [0.717, 1.165) is 0 Å². The molecule has 3 rings (SSSR count). The largest absolute Gasteiger partial charge is 0.376 e. The Morgan fingerprint density at radius 1 is 1.07 bits per heavy atom. The van der Waals surface area contributed by atoms with Crippen molar-refractivity contribution >= 4 is 57.3 Å². The number of carbonyl (C=O) groups excluding carboxylic acids is 2. The lowest BCUT2D eigenvalue weighted by molar-refractivity contribution is 0.0997. The summed E-state index contributed by atoms with van der Waals surface area (Å²) >= 11 is 12.2. The first-order chi connectivity index (χ1) is 12.8. The van der Waals surface area contributed by atoms with E-state index in [9.17, 15) is 9.59 Å². The Bertz CT molecular complexity index is 1050. The number of anilines is 2. The van der Waals surface area contributed by atoms with Crippen LogP contribution in [0.5, 0.6) is 0 Å². The number of nitrogens with zero attached hydrogens (tertiary/aromatic N) is 2. The number of primary amides is 1. The molecule has 3 aromatic rings. The van der Waals surface area contributed by atoms with Crippen LogP contribution < -0.4 is 16.0 Å². The molecule has 2 aromatic carbocycles. The number of benzene rings is 2. The summed E-state index contributed by atoms with van der Waals surface area (Å²) in [6.07, 6.45) is 1.40. The van der Waals surface area contributed by atoms with Crippen LogP contribution in [0.2, 0.25) is 10.0 Å². The average Bonchev–Trinajstić information content (AvgIpc) is 2.60. The maximum absolute atomic E-state index is 12.7. The molecule has 0 saturated heterocycles. The van der Waals surface area contributed by atoms with Gasteiger partial charge in [0, 0.05) is 25.7 Å². The maximum Gasteiger partial charge on any atom is 0.258 e. The van der Waals surface area contributed by atoms with Gasteiger partial charge >= 0.3 is 0 Å². The summed E-state index contributed by atoms with van der Waals surface area (Å²) in [7, 11) is 3.60. The first-order valence-corrected chi connectivity index (χ1v) is 8.71. The summed E-state index contributed by atoms with van der Waals surface area (Å²) in [5.74, 6) is -1.03. The Morgan fingerprint density at radius 3 is 2.30 bits per heavy atom. The molecule has 8 heteroatoms. The second-order valence-electron chi connectivity index (χ2n) is 6.03. The molecule has 0 aliphatic heterocycles. The van der Waals surface area contributed by atoms with E-state index in [4.69, 9.17) is 28.9 Å². The van der Waals surface area contributed by atoms with E-state index in [1.807, 2.05) is 6.07 Å². The highest BCUT2D eigenvalue weighted by Crippen LogP contribution is 2.33. The number of hydrogen-bond donors (Lipinski definition) is 2. The van der Waals surface area contributed by atoms with Crippen molar-refractivity contribution < 1.29 is 9.59 Å². The minimum absolute atomic E-state index is 0.180. The van der Waals surface area contributed by atoms with Gasteiger partial charge in [-0.25, -0.2) is 0 Å². The van der Waals surface area contributed by atoms with Gasteiger partial charge in [0.2, 0.25) is 0 Å². The van der Waals surface area contributed by atoms with Crippen LogP contribution in [-0.2, 0) is 0 Å². The van der Waals surface area contributed by atoms with Gasteiger partial charge in [0.15, 0.2) is 0 Å². The summed E-state index contributed by atoms with van der Waals surface area (Å²) < 4.78 is 0. The lowest BCUT2D eigenvalue weighted by atomic mass is 10.1. The Labute approximate surface area is 165 Å². The number of halogens is 2. The summed E-state index contributed by atoms with van der Waals surface area (Å²) in [6, 6.07) is 10.1. The molecule has 0 unspecified atom stereocenters. The highest BCUT2D eigenvalue weighted by Gasteiger charge is 2.19. The van der Waals surface area contributed by atoms with Crippen molar-refractivity contribution in [1.29, 1.82) is 0 Å². The van der Waals surface area contributed by atoms with Crippen LogP contribution in [0.1, 0.15) is 20.7 Å². The van der Waals surface area contributed by atoms with Gasteiger partial charge in [-0.3, -0.25) is 14.6 Å². The fourth-order valence-electron chi connectivity index (χ4n) is 2.87. The zero-order chi connectivity index (χ0) is 19.7. The molecule has 138 valence electrons. The van der Waals surface area contributed by atoms with E-state index in [2.05, 4.69) is 10.3 Å². The van der Waals surface area contributed by atoms with E-state index in [1.54, 1.807) is 49.3 Å². The molecule has 0 atom stereocenters. The van der Waals surface area contributed by atoms with Gasteiger partial charge < -0.3 is 16.0 Å². The lowest BCUT2D eigenvalue weighted by Crippen LogP contribution is -2.20. The van der Waals surface area contributed by atoms with Gasteiger partial charge in [0.05, 0.1) is 38.1 Å². The first-order valence-electron chi connectivity index (χ1n) is 7.95. The van der Waals surface area contributed by atoms with Gasteiger partial charge in [-0.05, 0) is 18.2 Å². The summed E-state index contributed by atoms with van der Waals surface area (Å²) in [5.41, 5.74) is 7.55. The molecule has 6 nitrogen and oxygen atoms in total. The van der Waals surface area contributed by atoms with E-state index in [1.165, 1.54) is 6.20 Å². The van der Waals surface area contributed by atoms with Crippen LogP contribution in [0, 0.1) is 0 Å². The number of nitrogens with two attached hydrogens (primary N) is 1. The Hall–Kier alpha value is -2.83. The summed E-state index contributed by atoms with van der Waals surface area (Å²) in [6.45, 7) is 0. The monoisotopic (exact) mass is 402 g/mol. The molecule has 2 amide bonds. The number of aromatic nitrogens is 1. The van der Waals surface area contributed by atoms with Gasteiger partial charge in [-0.15, -0.1) is 0 Å². The molecule has 0 aliphatic carbocycles. The molecular weight excluding hydrogens is 387 g/mol. The number of fused-ring (bicyclic) bond motifs is 1. The van der Waals surface area contributed by atoms with Crippen LogP contribution in [-0.4, -0.2) is 30.9 Å². The standard InChI is InChI=1S/C19H16Cl2N4O2/c1-25(2)17-10-5-3-8-14(16(10)23-9-11(17)18(22)26)24-19(27)15-12(20)6-4-7-13(15)21/h3-9H,1-2H3,(H2,22,26)(H,24,27). The highest BCUT2D eigenvalue weighted by molar-refractivity contribution is 6.40. The number of amides is 2. The zero-order valence-electron chi connectivity index (χ0n) is 14.6. The van der Waals surface area contributed by atoms with Gasteiger partial charge in [-0.1, -0.05) is 41.4 Å². The molecule has 0 spiro atoms. The average molecular weight is 403 g/mol. The molecule has 0 aliphatic rings. The summed E-state index contributed by atoms with van der Waals surface area (Å²) in [5, 5.41) is 3.97. The molecule has 0 saturated carbocycles. The number of nitrogens with one attached hydrogen (secondary N) is 1. The van der Waals surface area contributed by atoms with Crippen LogP contribution >= 0.6 is 23.2 Å². The van der Waals surface area contributed by atoms with Gasteiger partial charge in [0.1, 0.15) is 0 Å². The van der Waals surface area contributed by atoms with Crippen molar-refractivity contribution in [3.8, 4) is 0 Å². The number of hydrogen-bond acceptors (Lipinski definition) is 4. The van der Waals surface area contributed by atoms with Crippen molar-refractivity contribution in [3.05, 3.63) is 63.8 Å². The summed E-state index contributed by atoms with van der Waals surface area (Å²) in [4.78, 5) is 30.6. The van der Waals surface area contributed by atoms with Crippen LogP contribution in [0.25, 0.3) is 10.9 Å². The molecule has 0 bridgehead atoms. The Morgan fingerprint density at radius 2 is 1.70 bits per heavy atom. The fraction of sp³-hybridized carbons (Fsp3) is 0.105. The third-order valence-electron chi connectivity index (χ3n) is 4.02. The third-order valence-corrected chi connectivity index (χ3v) is 4.65. The van der Waals surface area contributed by atoms with E-state index in [-0.39, 0.29) is 15.6 Å². The fourth-order valence-corrected chi connectivity index (χ4v) is 3.44. The second kappa shape index (κ2) is 7.42. The molecule has 1 heterocycles. The smallest absolute Gasteiger partial charge is 0.258 e. The predicted molar refractivity (Wildman–Crippen MR) is 109 cm³/mol. The minimum atomic E-state index is -0.578. The molecule has 0 fully saturated rings. The van der Waals surface area contributed by atoms with Crippen molar-refractivity contribution in [2.75, 3.05) is 24.3 Å². The number of pyridine rings is 1. The quantitative estimate of drug-likeness (QED) is 0.690. The van der Waals surface area contributed by atoms with Crippen LogP contribution in [0.15, 0.2) is 42.6 Å². The van der Waals surface area contributed by atoms with Crippen LogP contribution in [0.4, 0.5) is 11.4 Å². The topological polar surface area (TPSA) is 88.3 Å². The van der Waals surface area contributed by atoms with E-state index >= 15 is 0 Å². The van der Waals surface area contributed by atoms with E-state index in [0.29, 0.717) is 27.8 Å². The molecule has 27 heavy (non-hydrogen) atoms. The predicted octanol–water partition coefficient (Wildman–Crippen LogP) is 3.96. The number of carbonyl (C=O) groups is 2. The second-order valence-corrected chi connectivity index (χ2v) is 6.85. The van der Waals surface area contributed by atoms with Gasteiger partial charge in [-0.2, -0.15) is 0 Å². The lowest BCUT2D eigenvalue weighted by Gasteiger charge is -2.19. The number of para-hydroxylation sites is 1. The molecule has 3 N–H and O–H groups in total. The Kier molecular flexibility index (Phi) is 5.21. The SMILES string of the molecule is CN(C)c1c(C(N)=O)cnc2c(NC(=O)c3c(Cl)cccc3Cl)cccc12. The first kappa shape index (κ1) is 18.9. The van der Waals surface area contributed by atoms with E-state index < -0.39 is 11.8 Å².